The van der Waals surface area contributed by atoms with Crippen molar-refractivity contribution in [3.63, 3.8) is 0 Å². The van der Waals surface area contributed by atoms with Gasteiger partial charge in [0.2, 0.25) is 0 Å². The Kier molecular flexibility index (Phi) is 5.00. The van der Waals surface area contributed by atoms with Gasteiger partial charge in [-0.2, -0.15) is 0 Å². The Morgan fingerprint density at radius 3 is 2.19 bits per heavy atom. The molecule has 0 amide bonds. The summed E-state index contributed by atoms with van der Waals surface area (Å²) in [5.41, 5.74) is 3.43. The highest BCUT2D eigenvalue weighted by atomic mass is 79.9. The van der Waals surface area contributed by atoms with E-state index in [0.717, 1.165) is 28.4 Å². The third kappa shape index (κ3) is 2.86. The van der Waals surface area contributed by atoms with E-state index in [-0.39, 0.29) is 6.10 Å². The van der Waals surface area contributed by atoms with Crippen LogP contribution in [0, 0.1) is 19.8 Å². The number of aliphatic hydroxyl groups excluding tert-OH is 1. The molecular weight excluding hydrogens is 264 g/mol. The number of hydrogen-bond acceptors (Lipinski definition) is 1. The number of aryl methyl sites for hydroxylation is 2. The molecule has 1 N–H and O–H groups in total. The van der Waals surface area contributed by atoms with Crippen molar-refractivity contribution < 1.29 is 5.11 Å². The van der Waals surface area contributed by atoms with Gasteiger partial charge in [0.1, 0.15) is 0 Å². The zero-order valence-corrected chi connectivity index (χ0v) is 12.1. The van der Waals surface area contributed by atoms with Crippen molar-refractivity contribution in [3.05, 3.63) is 33.3 Å². The predicted octanol–water partition coefficient (Wildman–Crippen LogP) is 4.54. The first-order valence-corrected chi connectivity index (χ1v) is 6.75. The standard InChI is InChI=1S/C14H21BrO/c1-5-11(6-2)14(16)12-7-10(4)13(15)8-9(12)3/h7-8,11,14,16H,5-6H2,1-4H3. The van der Waals surface area contributed by atoms with Crippen molar-refractivity contribution in [1.82, 2.24) is 0 Å². The maximum absolute atomic E-state index is 10.4. The summed E-state index contributed by atoms with van der Waals surface area (Å²) in [6.45, 7) is 8.40. The van der Waals surface area contributed by atoms with Crippen LogP contribution < -0.4 is 0 Å². The zero-order valence-electron chi connectivity index (χ0n) is 10.5. The molecule has 0 heterocycles. The molecule has 0 aliphatic rings. The quantitative estimate of drug-likeness (QED) is 0.861. The molecule has 1 unspecified atom stereocenters. The largest absolute Gasteiger partial charge is 0.388 e. The number of halogens is 1. The van der Waals surface area contributed by atoms with Crippen LogP contribution in [-0.4, -0.2) is 5.11 Å². The Morgan fingerprint density at radius 1 is 1.12 bits per heavy atom. The summed E-state index contributed by atoms with van der Waals surface area (Å²) in [4.78, 5) is 0. The minimum atomic E-state index is -0.332. The van der Waals surface area contributed by atoms with E-state index < -0.39 is 0 Å². The van der Waals surface area contributed by atoms with Crippen molar-refractivity contribution in [2.24, 2.45) is 5.92 Å². The average molecular weight is 285 g/mol. The lowest BCUT2D eigenvalue weighted by atomic mass is 9.88. The average Bonchev–Trinajstić information content (AvgIpc) is 2.25. The van der Waals surface area contributed by atoms with E-state index >= 15 is 0 Å². The van der Waals surface area contributed by atoms with E-state index in [1.54, 1.807) is 0 Å². The molecule has 2 heteroatoms. The topological polar surface area (TPSA) is 20.2 Å². The molecule has 0 aromatic heterocycles. The van der Waals surface area contributed by atoms with Crippen LogP contribution in [0.1, 0.15) is 49.5 Å². The van der Waals surface area contributed by atoms with Crippen LogP contribution in [0.15, 0.2) is 16.6 Å². The molecule has 1 atom stereocenters. The van der Waals surface area contributed by atoms with Gasteiger partial charge in [-0.05, 0) is 42.5 Å². The first kappa shape index (κ1) is 13.7. The lowest BCUT2D eigenvalue weighted by Crippen LogP contribution is -2.12. The van der Waals surface area contributed by atoms with E-state index in [9.17, 15) is 5.11 Å². The SMILES string of the molecule is CCC(CC)C(O)c1cc(C)c(Br)cc1C. The van der Waals surface area contributed by atoms with Crippen molar-refractivity contribution in [3.8, 4) is 0 Å². The van der Waals surface area contributed by atoms with Gasteiger partial charge in [-0.25, -0.2) is 0 Å². The molecule has 1 rings (SSSR count). The Hall–Kier alpha value is -0.340. The number of aliphatic hydroxyl groups is 1. The first-order valence-electron chi connectivity index (χ1n) is 5.95. The molecule has 1 aromatic carbocycles. The molecule has 16 heavy (non-hydrogen) atoms. The Morgan fingerprint density at radius 2 is 1.69 bits per heavy atom. The normalized spacial score (nSPS) is 13.2. The Labute approximate surface area is 107 Å². The van der Waals surface area contributed by atoms with Gasteiger partial charge in [-0.15, -0.1) is 0 Å². The maximum Gasteiger partial charge on any atom is 0.0820 e. The highest BCUT2D eigenvalue weighted by molar-refractivity contribution is 9.10. The molecule has 0 radical (unpaired) electrons. The minimum Gasteiger partial charge on any atom is -0.388 e. The maximum atomic E-state index is 10.4. The second-order valence-corrected chi connectivity index (χ2v) is 5.33. The summed E-state index contributed by atoms with van der Waals surface area (Å²) in [6.07, 6.45) is 1.71. The highest BCUT2D eigenvalue weighted by Gasteiger charge is 2.19. The fraction of sp³-hybridized carbons (Fsp3) is 0.571. The molecule has 0 spiro atoms. The van der Waals surface area contributed by atoms with Gasteiger partial charge in [-0.1, -0.05) is 48.7 Å². The molecule has 0 fully saturated rings. The molecule has 0 aliphatic heterocycles. The lowest BCUT2D eigenvalue weighted by Gasteiger charge is -2.22. The molecule has 0 aliphatic carbocycles. The van der Waals surface area contributed by atoms with Crippen LogP contribution in [0.3, 0.4) is 0 Å². The number of benzene rings is 1. The smallest absolute Gasteiger partial charge is 0.0820 e. The number of hydrogen-bond donors (Lipinski definition) is 1. The van der Waals surface area contributed by atoms with Crippen LogP contribution in [-0.2, 0) is 0 Å². The van der Waals surface area contributed by atoms with Crippen LogP contribution in [0.4, 0.5) is 0 Å². The van der Waals surface area contributed by atoms with E-state index in [4.69, 9.17) is 0 Å². The van der Waals surface area contributed by atoms with E-state index in [2.05, 4.69) is 55.8 Å². The molecule has 1 aromatic rings. The van der Waals surface area contributed by atoms with E-state index in [0.29, 0.717) is 5.92 Å². The zero-order chi connectivity index (χ0) is 12.3. The summed E-state index contributed by atoms with van der Waals surface area (Å²) in [7, 11) is 0. The summed E-state index contributed by atoms with van der Waals surface area (Å²) >= 11 is 3.52. The van der Waals surface area contributed by atoms with Crippen LogP contribution >= 0.6 is 15.9 Å². The van der Waals surface area contributed by atoms with Crippen molar-refractivity contribution in [2.45, 2.75) is 46.6 Å². The molecule has 0 saturated carbocycles. The lowest BCUT2D eigenvalue weighted by molar-refractivity contribution is 0.103. The molecule has 0 saturated heterocycles. The van der Waals surface area contributed by atoms with Gasteiger partial charge >= 0.3 is 0 Å². The van der Waals surface area contributed by atoms with Crippen molar-refractivity contribution >= 4 is 15.9 Å². The monoisotopic (exact) mass is 284 g/mol. The molecule has 90 valence electrons. The fourth-order valence-corrected chi connectivity index (χ4v) is 2.57. The van der Waals surface area contributed by atoms with Gasteiger partial charge < -0.3 is 5.11 Å². The van der Waals surface area contributed by atoms with Crippen LogP contribution in [0.2, 0.25) is 0 Å². The van der Waals surface area contributed by atoms with E-state index in [1.807, 2.05) is 0 Å². The van der Waals surface area contributed by atoms with Crippen molar-refractivity contribution in [2.75, 3.05) is 0 Å². The highest BCUT2D eigenvalue weighted by Crippen LogP contribution is 2.32. The van der Waals surface area contributed by atoms with Crippen molar-refractivity contribution in [1.29, 1.82) is 0 Å². The first-order chi connectivity index (χ1) is 7.51. The predicted molar refractivity (Wildman–Crippen MR) is 72.6 cm³/mol. The summed E-state index contributed by atoms with van der Waals surface area (Å²) < 4.78 is 1.12. The summed E-state index contributed by atoms with van der Waals surface area (Å²) in [6, 6.07) is 4.19. The van der Waals surface area contributed by atoms with Gasteiger partial charge in [0.15, 0.2) is 0 Å². The fourth-order valence-electron chi connectivity index (χ4n) is 2.11. The third-order valence-electron chi connectivity index (χ3n) is 3.36. The Bertz CT molecular complexity index is 356. The van der Waals surface area contributed by atoms with Gasteiger partial charge in [0.25, 0.3) is 0 Å². The molecule has 1 nitrogen and oxygen atoms in total. The number of rotatable bonds is 4. The van der Waals surface area contributed by atoms with Gasteiger partial charge in [0.05, 0.1) is 6.10 Å². The summed E-state index contributed by atoms with van der Waals surface area (Å²) in [5.74, 6) is 0.360. The van der Waals surface area contributed by atoms with Gasteiger partial charge in [0, 0.05) is 4.47 Å². The second kappa shape index (κ2) is 5.83. The van der Waals surface area contributed by atoms with Crippen LogP contribution in [0.25, 0.3) is 0 Å². The molecular formula is C14H21BrO. The Balaban J connectivity index is 3.07. The van der Waals surface area contributed by atoms with Gasteiger partial charge in [-0.3, -0.25) is 0 Å². The molecule has 0 bridgehead atoms. The van der Waals surface area contributed by atoms with E-state index in [1.165, 1.54) is 5.56 Å². The van der Waals surface area contributed by atoms with Crippen LogP contribution in [0.5, 0.6) is 0 Å². The minimum absolute atomic E-state index is 0.332. The third-order valence-corrected chi connectivity index (χ3v) is 4.22. The second-order valence-electron chi connectivity index (χ2n) is 4.48. The summed E-state index contributed by atoms with van der Waals surface area (Å²) in [5, 5.41) is 10.4.